The number of aliphatic hydroxyl groups is 3. The Morgan fingerprint density at radius 2 is 1.54 bits per heavy atom. The second kappa shape index (κ2) is 12.8. The van der Waals surface area contributed by atoms with Crippen LogP contribution in [0.5, 0.6) is 0 Å². The molecule has 1 unspecified atom stereocenters. The zero-order valence-electron chi connectivity index (χ0n) is 17.5. The SMILES string of the molecule is C=C(C)CCOC(C)(C)CCOC(C)(C)CC(O)CN(CCO)CCO. The van der Waals surface area contributed by atoms with Crippen molar-refractivity contribution in [2.45, 2.75) is 71.2 Å². The van der Waals surface area contributed by atoms with Crippen LogP contribution >= 0.6 is 0 Å². The summed E-state index contributed by atoms with van der Waals surface area (Å²) < 4.78 is 11.9. The van der Waals surface area contributed by atoms with Gasteiger partial charge < -0.3 is 24.8 Å². The molecule has 0 saturated carbocycles. The minimum atomic E-state index is -0.581. The molecule has 0 aromatic rings. The fourth-order valence-corrected chi connectivity index (χ4v) is 2.71. The predicted molar refractivity (Wildman–Crippen MR) is 105 cm³/mol. The molecule has 156 valence electrons. The lowest BCUT2D eigenvalue weighted by atomic mass is 9.99. The maximum Gasteiger partial charge on any atom is 0.0694 e. The number of hydrogen-bond donors (Lipinski definition) is 3. The van der Waals surface area contributed by atoms with Crippen molar-refractivity contribution in [2.24, 2.45) is 0 Å². The topological polar surface area (TPSA) is 82.4 Å². The molecule has 0 aromatic carbocycles. The number of ether oxygens (including phenoxy) is 2. The highest BCUT2D eigenvalue weighted by atomic mass is 16.5. The van der Waals surface area contributed by atoms with Crippen LogP contribution in [0.4, 0.5) is 0 Å². The van der Waals surface area contributed by atoms with Crippen LogP contribution in [-0.2, 0) is 9.47 Å². The molecular formula is C20H41NO5. The minimum absolute atomic E-state index is 0.00702. The van der Waals surface area contributed by atoms with Gasteiger partial charge in [0.25, 0.3) is 0 Å². The fraction of sp³-hybridized carbons (Fsp3) is 0.900. The lowest BCUT2D eigenvalue weighted by Gasteiger charge is -2.32. The smallest absolute Gasteiger partial charge is 0.0694 e. The molecule has 0 aliphatic rings. The molecule has 0 aliphatic heterocycles. The fourth-order valence-electron chi connectivity index (χ4n) is 2.71. The van der Waals surface area contributed by atoms with E-state index < -0.39 is 11.7 Å². The number of nitrogens with zero attached hydrogens (tertiary/aromatic N) is 1. The van der Waals surface area contributed by atoms with Crippen LogP contribution in [0, 0.1) is 0 Å². The lowest BCUT2D eigenvalue weighted by Crippen LogP contribution is -2.40. The molecule has 0 fully saturated rings. The predicted octanol–water partition coefficient (Wildman–Crippen LogP) is 1.97. The first kappa shape index (κ1) is 25.5. The van der Waals surface area contributed by atoms with Crippen molar-refractivity contribution in [1.82, 2.24) is 4.90 Å². The molecule has 6 nitrogen and oxygen atoms in total. The summed E-state index contributed by atoms with van der Waals surface area (Å²) in [4.78, 5) is 1.85. The summed E-state index contributed by atoms with van der Waals surface area (Å²) in [7, 11) is 0. The van der Waals surface area contributed by atoms with E-state index in [1.807, 2.05) is 25.7 Å². The van der Waals surface area contributed by atoms with E-state index in [0.717, 1.165) is 18.4 Å². The van der Waals surface area contributed by atoms with Crippen molar-refractivity contribution in [3.8, 4) is 0 Å². The highest BCUT2D eigenvalue weighted by Crippen LogP contribution is 2.21. The van der Waals surface area contributed by atoms with Crippen molar-refractivity contribution in [2.75, 3.05) is 46.1 Å². The van der Waals surface area contributed by atoms with Gasteiger partial charge in [0.05, 0.1) is 43.7 Å². The van der Waals surface area contributed by atoms with Crippen molar-refractivity contribution < 1.29 is 24.8 Å². The van der Waals surface area contributed by atoms with Crippen molar-refractivity contribution in [3.05, 3.63) is 12.2 Å². The van der Waals surface area contributed by atoms with Gasteiger partial charge in [-0.15, -0.1) is 6.58 Å². The van der Waals surface area contributed by atoms with Gasteiger partial charge >= 0.3 is 0 Å². The second-order valence-corrected chi connectivity index (χ2v) is 8.28. The molecule has 3 N–H and O–H groups in total. The Morgan fingerprint density at radius 3 is 2.04 bits per heavy atom. The van der Waals surface area contributed by atoms with Crippen molar-refractivity contribution in [3.63, 3.8) is 0 Å². The summed E-state index contributed by atoms with van der Waals surface area (Å²) in [5, 5.41) is 28.4. The van der Waals surface area contributed by atoms with Crippen LogP contribution in [0.3, 0.4) is 0 Å². The van der Waals surface area contributed by atoms with E-state index in [4.69, 9.17) is 19.7 Å². The monoisotopic (exact) mass is 375 g/mol. The Hall–Kier alpha value is -0.500. The molecule has 0 spiro atoms. The largest absolute Gasteiger partial charge is 0.395 e. The van der Waals surface area contributed by atoms with Gasteiger partial charge in [-0.3, -0.25) is 4.90 Å². The van der Waals surface area contributed by atoms with E-state index in [0.29, 0.717) is 39.3 Å². The summed E-state index contributed by atoms with van der Waals surface area (Å²) in [6.45, 7) is 16.4. The molecule has 0 aliphatic carbocycles. The molecule has 0 radical (unpaired) electrons. The van der Waals surface area contributed by atoms with E-state index in [1.54, 1.807) is 0 Å². The maximum absolute atomic E-state index is 10.3. The average molecular weight is 376 g/mol. The highest BCUT2D eigenvalue weighted by molar-refractivity contribution is 4.87. The number of rotatable bonds is 16. The Labute approximate surface area is 159 Å². The van der Waals surface area contributed by atoms with Gasteiger partial charge in [0, 0.05) is 26.1 Å². The van der Waals surface area contributed by atoms with Gasteiger partial charge in [0.15, 0.2) is 0 Å². The van der Waals surface area contributed by atoms with Gasteiger partial charge in [-0.2, -0.15) is 0 Å². The molecule has 0 bridgehead atoms. The molecule has 0 aromatic heterocycles. The molecule has 26 heavy (non-hydrogen) atoms. The normalized spacial score (nSPS) is 14.0. The van der Waals surface area contributed by atoms with Crippen molar-refractivity contribution >= 4 is 0 Å². The maximum atomic E-state index is 10.3. The second-order valence-electron chi connectivity index (χ2n) is 8.28. The van der Waals surface area contributed by atoms with Gasteiger partial charge in [-0.05, 0) is 47.5 Å². The summed E-state index contributed by atoms with van der Waals surface area (Å²) in [6.07, 6.45) is 1.53. The van der Waals surface area contributed by atoms with Crippen LogP contribution in [0.1, 0.15) is 53.9 Å². The standard InChI is InChI=1S/C20H41NO5/c1-17(2)7-13-25-19(3,4)8-14-26-20(5,6)15-18(24)16-21(9-11-22)10-12-23/h18,22-24H,1,7-16H2,2-6H3. The Balaban J connectivity index is 4.24. The third kappa shape index (κ3) is 13.7. The van der Waals surface area contributed by atoms with Crippen LogP contribution in [0.15, 0.2) is 12.2 Å². The molecule has 1 atom stereocenters. The van der Waals surface area contributed by atoms with Gasteiger partial charge in [0.1, 0.15) is 0 Å². The third-order valence-electron chi connectivity index (χ3n) is 4.25. The summed E-state index contributed by atoms with van der Waals surface area (Å²) >= 11 is 0. The van der Waals surface area contributed by atoms with E-state index >= 15 is 0 Å². The first-order valence-electron chi connectivity index (χ1n) is 9.56. The van der Waals surface area contributed by atoms with Gasteiger partial charge in [0.2, 0.25) is 0 Å². The summed E-state index contributed by atoms with van der Waals surface area (Å²) in [5.74, 6) is 0. The van der Waals surface area contributed by atoms with Crippen molar-refractivity contribution in [1.29, 1.82) is 0 Å². The number of hydrogen-bond acceptors (Lipinski definition) is 6. The molecule has 0 amide bonds. The Morgan fingerprint density at radius 1 is 1.00 bits per heavy atom. The average Bonchev–Trinajstić information content (AvgIpc) is 2.45. The van der Waals surface area contributed by atoms with Gasteiger partial charge in [-0.25, -0.2) is 0 Å². The quantitative estimate of drug-likeness (QED) is 0.358. The van der Waals surface area contributed by atoms with Crippen LogP contribution in [0.25, 0.3) is 0 Å². The van der Waals surface area contributed by atoms with E-state index in [-0.39, 0.29) is 18.8 Å². The van der Waals surface area contributed by atoms with E-state index in [9.17, 15) is 5.11 Å². The number of aliphatic hydroxyl groups excluding tert-OH is 3. The van der Waals surface area contributed by atoms with Crippen LogP contribution in [0.2, 0.25) is 0 Å². The Bertz CT molecular complexity index is 378. The highest BCUT2D eigenvalue weighted by Gasteiger charge is 2.26. The Kier molecular flexibility index (Phi) is 12.6. The summed E-state index contributed by atoms with van der Waals surface area (Å²) in [5.41, 5.74) is 0.393. The first-order chi connectivity index (χ1) is 12.0. The van der Waals surface area contributed by atoms with Crippen LogP contribution < -0.4 is 0 Å². The molecule has 0 heterocycles. The van der Waals surface area contributed by atoms with Crippen LogP contribution in [-0.4, -0.2) is 83.6 Å². The van der Waals surface area contributed by atoms with E-state index in [1.165, 1.54) is 0 Å². The van der Waals surface area contributed by atoms with E-state index in [2.05, 4.69) is 20.4 Å². The molecule has 6 heteroatoms. The molecular weight excluding hydrogens is 334 g/mol. The zero-order valence-corrected chi connectivity index (χ0v) is 17.5. The third-order valence-corrected chi connectivity index (χ3v) is 4.25. The summed E-state index contributed by atoms with van der Waals surface area (Å²) in [6, 6.07) is 0. The van der Waals surface area contributed by atoms with Gasteiger partial charge in [-0.1, -0.05) is 5.57 Å². The molecule has 0 rings (SSSR count). The first-order valence-corrected chi connectivity index (χ1v) is 9.56. The lowest BCUT2D eigenvalue weighted by molar-refractivity contribution is -0.0863. The zero-order chi connectivity index (χ0) is 20.2. The molecule has 0 saturated heterocycles. The minimum Gasteiger partial charge on any atom is -0.395 e.